The maximum atomic E-state index is 11.3. The van der Waals surface area contributed by atoms with Crippen molar-refractivity contribution in [3.63, 3.8) is 0 Å². The number of nitrogens with one attached hydrogen (secondary N) is 1. The number of aromatic amines is 1. The lowest BCUT2D eigenvalue weighted by Gasteiger charge is -1.99. The lowest BCUT2D eigenvalue weighted by molar-refractivity contribution is -0.704. The van der Waals surface area contributed by atoms with Crippen LogP contribution >= 0.6 is 0 Å². The first-order chi connectivity index (χ1) is 8.13. The zero-order valence-corrected chi connectivity index (χ0v) is 8.75. The number of aromatic nitrogens is 2. The second kappa shape index (κ2) is 4.08. The molecule has 0 aliphatic heterocycles. The topological polar surface area (TPSA) is 104 Å². The van der Waals surface area contributed by atoms with Crippen LogP contribution in [0.2, 0.25) is 0 Å². The summed E-state index contributed by atoms with van der Waals surface area (Å²) < 4.78 is 9.36. The van der Waals surface area contributed by atoms with E-state index in [9.17, 15) is 15.0 Å². The van der Waals surface area contributed by atoms with Crippen LogP contribution in [-0.4, -0.2) is 17.2 Å². The van der Waals surface area contributed by atoms with Crippen LogP contribution in [0.1, 0.15) is 0 Å². The SMILES string of the molecule is COc1cccc(-c2c([N+](=O)[O-])[nH]o[n+]2=O)c1. The summed E-state index contributed by atoms with van der Waals surface area (Å²) in [6, 6.07) is 6.32. The Morgan fingerprint density at radius 2 is 2.29 bits per heavy atom. The number of methoxy groups -OCH3 is 1. The molecule has 1 heterocycles. The van der Waals surface area contributed by atoms with Crippen LogP contribution in [0.25, 0.3) is 11.3 Å². The van der Waals surface area contributed by atoms with Crippen molar-refractivity contribution in [1.82, 2.24) is 5.16 Å². The molecule has 8 nitrogen and oxygen atoms in total. The van der Waals surface area contributed by atoms with Gasteiger partial charge in [-0.15, -0.1) is 0 Å². The molecule has 1 N–H and O–H groups in total. The lowest BCUT2D eigenvalue weighted by Crippen LogP contribution is -2.12. The highest BCUT2D eigenvalue weighted by Crippen LogP contribution is 2.26. The highest BCUT2D eigenvalue weighted by atomic mass is 16.7. The van der Waals surface area contributed by atoms with Gasteiger partial charge in [0.05, 0.1) is 7.11 Å². The quantitative estimate of drug-likeness (QED) is 0.636. The molecule has 0 spiro atoms. The van der Waals surface area contributed by atoms with Gasteiger partial charge in [0.15, 0.2) is 4.60 Å². The minimum atomic E-state index is -0.729. The Labute approximate surface area is 94.1 Å². The smallest absolute Gasteiger partial charge is 0.415 e. The maximum Gasteiger partial charge on any atom is 0.415 e. The molecular weight excluding hydrogens is 230 g/mol. The fourth-order valence-corrected chi connectivity index (χ4v) is 1.40. The first-order valence-electron chi connectivity index (χ1n) is 4.57. The normalized spacial score (nSPS) is 10.2. The first kappa shape index (κ1) is 10.9. The third-order valence-corrected chi connectivity index (χ3v) is 2.16. The third kappa shape index (κ3) is 1.87. The van der Waals surface area contributed by atoms with E-state index in [0.717, 1.165) is 0 Å². The van der Waals surface area contributed by atoms with Gasteiger partial charge in [0.2, 0.25) is 0 Å². The van der Waals surface area contributed by atoms with Crippen molar-refractivity contribution < 1.29 is 18.9 Å². The summed E-state index contributed by atoms with van der Waals surface area (Å²) in [5, 5.41) is 12.6. The molecule has 0 fully saturated rings. The van der Waals surface area contributed by atoms with Gasteiger partial charge in [0.25, 0.3) is 0 Å². The molecule has 0 unspecified atom stereocenters. The summed E-state index contributed by atoms with van der Waals surface area (Å²) in [6.07, 6.45) is 0. The van der Waals surface area contributed by atoms with Gasteiger partial charge in [-0.2, -0.15) is 0 Å². The summed E-state index contributed by atoms with van der Waals surface area (Å²) in [6.45, 7) is 0. The molecule has 0 aliphatic carbocycles. The van der Waals surface area contributed by atoms with Crippen LogP contribution in [-0.2, 0) is 0 Å². The molecular formula is C9H8N3O5+. The Hall–Kier alpha value is -2.64. The van der Waals surface area contributed by atoms with Crippen molar-refractivity contribution in [1.29, 1.82) is 0 Å². The molecule has 17 heavy (non-hydrogen) atoms. The van der Waals surface area contributed by atoms with Gasteiger partial charge in [-0.3, -0.25) is 0 Å². The minimum Gasteiger partial charge on any atom is -0.497 e. The number of hydrogen-bond acceptors (Lipinski definition) is 5. The second-order valence-corrected chi connectivity index (χ2v) is 3.14. The van der Waals surface area contributed by atoms with Gasteiger partial charge in [0.1, 0.15) is 5.75 Å². The molecule has 0 aliphatic rings. The average molecular weight is 238 g/mol. The van der Waals surface area contributed by atoms with Crippen LogP contribution in [0, 0.1) is 15.0 Å². The highest BCUT2D eigenvalue weighted by molar-refractivity contribution is 5.64. The fourth-order valence-electron chi connectivity index (χ4n) is 1.40. The standard InChI is InChI=1S/C9H8N3O5/c1-16-7-4-2-3-6(5-7)8-9(11(13)14)10-17-12(8)15/h2-5,10H,1H3/q+1. The van der Waals surface area contributed by atoms with E-state index in [1.807, 2.05) is 5.16 Å². The molecule has 2 rings (SSSR count). The molecule has 0 bridgehead atoms. The van der Waals surface area contributed by atoms with Gasteiger partial charge in [-0.05, 0) is 33.2 Å². The zero-order chi connectivity index (χ0) is 12.4. The van der Waals surface area contributed by atoms with E-state index in [2.05, 4.69) is 4.63 Å². The number of hydrogen-bond donors (Lipinski definition) is 1. The van der Waals surface area contributed by atoms with Gasteiger partial charge in [-0.1, -0.05) is 10.7 Å². The van der Waals surface area contributed by atoms with Crippen LogP contribution in [0.3, 0.4) is 0 Å². The Morgan fingerprint density at radius 1 is 1.53 bits per heavy atom. The van der Waals surface area contributed by atoms with E-state index in [0.29, 0.717) is 11.3 Å². The molecule has 0 saturated heterocycles. The average Bonchev–Trinajstić information content (AvgIpc) is 2.71. The van der Waals surface area contributed by atoms with E-state index in [1.54, 1.807) is 18.2 Å². The first-order valence-corrected chi connectivity index (χ1v) is 4.57. The Kier molecular flexibility index (Phi) is 2.61. The summed E-state index contributed by atoms with van der Waals surface area (Å²) in [5.41, 5.74) is 0.130. The number of benzene rings is 1. The second-order valence-electron chi connectivity index (χ2n) is 3.14. The van der Waals surface area contributed by atoms with E-state index >= 15 is 0 Å². The zero-order valence-electron chi connectivity index (χ0n) is 8.75. The number of H-pyrrole nitrogens is 1. The summed E-state index contributed by atoms with van der Waals surface area (Å²) in [4.78, 5) is 21.3. The molecule has 0 amide bonds. The molecule has 1 aromatic heterocycles. The number of ether oxygens (including phenoxy) is 1. The van der Waals surface area contributed by atoms with E-state index in [1.165, 1.54) is 13.2 Å². The van der Waals surface area contributed by atoms with Crippen LogP contribution in [0.4, 0.5) is 5.82 Å². The number of nitrogens with zero attached hydrogens (tertiary/aromatic N) is 2. The molecule has 2 aromatic rings. The Morgan fingerprint density at radius 3 is 2.94 bits per heavy atom. The van der Waals surface area contributed by atoms with Crippen LogP contribution in [0.5, 0.6) is 5.75 Å². The number of rotatable bonds is 3. The van der Waals surface area contributed by atoms with Crippen molar-refractivity contribution in [2.75, 3.05) is 7.11 Å². The maximum absolute atomic E-state index is 11.3. The lowest BCUT2D eigenvalue weighted by atomic mass is 10.1. The molecule has 0 radical (unpaired) electrons. The van der Waals surface area contributed by atoms with Crippen molar-refractivity contribution in [3.05, 3.63) is 39.3 Å². The number of nitro groups is 1. The van der Waals surface area contributed by atoms with Gasteiger partial charge in [-0.25, -0.2) is 0 Å². The van der Waals surface area contributed by atoms with Crippen molar-refractivity contribution in [2.45, 2.75) is 0 Å². The summed E-state index contributed by atoms with van der Waals surface area (Å²) in [5.74, 6) is -0.0220. The largest absolute Gasteiger partial charge is 0.497 e. The predicted molar refractivity (Wildman–Crippen MR) is 55.1 cm³/mol. The Bertz CT molecular complexity index is 615. The van der Waals surface area contributed by atoms with Crippen molar-refractivity contribution in [3.8, 4) is 17.0 Å². The van der Waals surface area contributed by atoms with Crippen LogP contribution < -0.4 is 9.34 Å². The van der Waals surface area contributed by atoms with Crippen molar-refractivity contribution >= 4 is 5.82 Å². The monoisotopic (exact) mass is 238 g/mol. The van der Waals surface area contributed by atoms with Gasteiger partial charge >= 0.3 is 11.5 Å². The van der Waals surface area contributed by atoms with E-state index < -0.39 is 10.7 Å². The van der Waals surface area contributed by atoms with Gasteiger partial charge in [0, 0.05) is 5.56 Å². The minimum absolute atomic E-state index is 0.0485. The predicted octanol–water partition coefficient (Wildman–Crippen LogP) is 1.11. The van der Waals surface area contributed by atoms with E-state index in [4.69, 9.17) is 4.74 Å². The van der Waals surface area contributed by atoms with E-state index in [-0.39, 0.29) is 10.3 Å². The molecule has 1 aromatic carbocycles. The fraction of sp³-hybridized carbons (Fsp3) is 0.111. The summed E-state index contributed by atoms with van der Waals surface area (Å²) >= 11 is 0. The van der Waals surface area contributed by atoms with Crippen LogP contribution in [0.15, 0.2) is 28.9 Å². The molecule has 0 atom stereocenters. The Balaban J connectivity index is 2.63. The molecule has 88 valence electrons. The molecule has 0 saturated carbocycles. The van der Waals surface area contributed by atoms with Crippen molar-refractivity contribution in [2.24, 2.45) is 0 Å². The molecule has 8 heteroatoms. The summed E-state index contributed by atoms with van der Waals surface area (Å²) in [7, 11) is 1.46. The highest BCUT2D eigenvalue weighted by Gasteiger charge is 2.27. The van der Waals surface area contributed by atoms with Gasteiger partial charge < -0.3 is 14.9 Å². The third-order valence-electron chi connectivity index (χ3n) is 2.16.